The number of aromatic nitrogens is 2. The fourth-order valence-corrected chi connectivity index (χ4v) is 4.74. The first-order valence-electron chi connectivity index (χ1n) is 13.3. The van der Waals surface area contributed by atoms with Gasteiger partial charge >= 0.3 is 12.3 Å². The Balaban J connectivity index is 1.65. The van der Waals surface area contributed by atoms with E-state index in [1.54, 1.807) is 45.0 Å². The fraction of sp³-hybridized carbons (Fsp3) is 0.571. The molecule has 1 aromatic carbocycles. The summed E-state index contributed by atoms with van der Waals surface area (Å²) >= 11 is 0. The Bertz CT molecular complexity index is 1130. The zero-order valence-corrected chi connectivity index (χ0v) is 23.1. The molecule has 0 bridgehead atoms. The van der Waals surface area contributed by atoms with Gasteiger partial charge < -0.3 is 15.4 Å². The molecule has 2 amide bonds. The Morgan fingerprint density at radius 3 is 2.36 bits per heavy atom. The third-order valence-electron chi connectivity index (χ3n) is 6.37. The lowest BCUT2D eigenvalue weighted by atomic mass is 9.89. The number of hydrogen-bond donors (Lipinski definition) is 3. The standard InChI is InChI=1S/C28H38F3N5O3/c1-17(2)33-24(37)21-10-6-8-18(21)9-7-11-23-22(28(29,30)31)16-32-25(36-23)34-19-12-14-20(15-13-19)35-26(38)39-27(3,4)5/h12-18,21H,6-11H2,1-5H3,(H,33,37)(H,35,38)(H,32,34,36)/t18?,21-/m0/s1. The number of amides is 2. The minimum absolute atomic E-state index is 0.0318. The van der Waals surface area contributed by atoms with Crippen LogP contribution in [0.15, 0.2) is 30.5 Å². The summed E-state index contributed by atoms with van der Waals surface area (Å²) in [4.78, 5) is 32.5. The van der Waals surface area contributed by atoms with E-state index in [1.165, 1.54) is 0 Å². The molecule has 1 saturated carbocycles. The van der Waals surface area contributed by atoms with Crippen LogP contribution in [-0.2, 0) is 22.1 Å². The molecule has 0 spiro atoms. The van der Waals surface area contributed by atoms with Crippen LogP contribution in [-0.4, -0.2) is 33.6 Å². The molecule has 3 rings (SSSR count). The number of nitrogens with zero attached hydrogens (tertiary/aromatic N) is 2. The topological polar surface area (TPSA) is 105 Å². The van der Waals surface area contributed by atoms with E-state index < -0.39 is 23.4 Å². The van der Waals surface area contributed by atoms with Gasteiger partial charge in [0.15, 0.2) is 0 Å². The molecule has 2 atom stereocenters. The lowest BCUT2D eigenvalue weighted by Crippen LogP contribution is -2.37. The summed E-state index contributed by atoms with van der Waals surface area (Å²) in [5.74, 6) is 0.139. The van der Waals surface area contributed by atoms with Gasteiger partial charge in [-0.05, 0) is 96.9 Å². The van der Waals surface area contributed by atoms with Crippen molar-refractivity contribution in [1.29, 1.82) is 0 Å². The molecular formula is C28H38F3N5O3. The molecule has 214 valence electrons. The van der Waals surface area contributed by atoms with Crippen molar-refractivity contribution < 1.29 is 27.5 Å². The van der Waals surface area contributed by atoms with Gasteiger partial charge in [-0.15, -0.1) is 0 Å². The van der Waals surface area contributed by atoms with Gasteiger partial charge in [0.1, 0.15) is 5.60 Å². The average Bonchev–Trinajstić information content (AvgIpc) is 3.27. The summed E-state index contributed by atoms with van der Waals surface area (Å²) in [6, 6.07) is 6.61. The SMILES string of the molecule is CC(C)NC(=O)[C@H]1CCCC1CCCc1nc(Nc2ccc(NC(=O)OC(C)(C)C)cc2)ncc1C(F)(F)F. The normalized spacial score (nSPS) is 17.7. The Labute approximate surface area is 227 Å². The molecule has 1 aliphatic carbocycles. The molecule has 2 aromatic rings. The van der Waals surface area contributed by atoms with Crippen molar-refractivity contribution in [2.45, 2.75) is 91.0 Å². The number of alkyl halides is 3. The largest absolute Gasteiger partial charge is 0.444 e. The zero-order chi connectivity index (χ0) is 28.8. The average molecular weight is 550 g/mol. The number of carbonyl (C=O) groups excluding carboxylic acids is 2. The van der Waals surface area contributed by atoms with Crippen LogP contribution in [0.2, 0.25) is 0 Å². The lowest BCUT2D eigenvalue weighted by Gasteiger charge is -2.21. The highest BCUT2D eigenvalue weighted by molar-refractivity contribution is 5.85. The number of rotatable bonds is 9. The van der Waals surface area contributed by atoms with E-state index in [1.807, 2.05) is 13.8 Å². The van der Waals surface area contributed by atoms with Crippen LogP contribution in [0, 0.1) is 11.8 Å². The third kappa shape index (κ3) is 9.40. The van der Waals surface area contributed by atoms with Crippen LogP contribution in [0.5, 0.6) is 0 Å². The van der Waals surface area contributed by atoms with Crippen molar-refractivity contribution in [3.63, 3.8) is 0 Å². The Kier molecular flexibility index (Phi) is 9.79. The quantitative estimate of drug-likeness (QED) is 0.316. The maximum atomic E-state index is 13.7. The molecule has 11 heteroatoms. The van der Waals surface area contributed by atoms with Gasteiger partial charge in [-0.2, -0.15) is 13.2 Å². The lowest BCUT2D eigenvalue weighted by molar-refractivity contribution is -0.138. The van der Waals surface area contributed by atoms with Crippen LogP contribution in [0.1, 0.15) is 78.0 Å². The van der Waals surface area contributed by atoms with Gasteiger partial charge in [-0.1, -0.05) is 6.42 Å². The summed E-state index contributed by atoms with van der Waals surface area (Å²) < 4.78 is 46.3. The first-order valence-corrected chi connectivity index (χ1v) is 13.3. The molecular weight excluding hydrogens is 511 g/mol. The van der Waals surface area contributed by atoms with Crippen LogP contribution in [0.25, 0.3) is 0 Å². The van der Waals surface area contributed by atoms with Crippen molar-refractivity contribution >= 4 is 29.3 Å². The van der Waals surface area contributed by atoms with Crippen molar-refractivity contribution in [2.24, 2.45) is 11.8 Å². The van der Waals surface area contributed by atoms with Crippen LogP contribution in [0.4, 0.5) is 35.3 Å². The van der Waals surface area contributed by atoms with E-state index in [0.29, 0.717) is 24.2 Å². The maximum Gasteiger partial charge on any atom is 0.419 e. The highest BCUT2D eigenvalue weighted by Gasteiger charge is 2.36. The number of carbonyl (C=O) groups is 2. The Hall–Kier alpha value is -3.37. The maximum absolute atomic E-state index is 13.7. The van der Waals surface area contributed by atoms with E-state index in [9.17, 15) is 22.8 Å². The third-order valence-corrected chi connectivity index (χ3v) is 6.37. The first kappa shape index (κ1) is 30.2. The van der Waals surface area contributed by atoms with Crippen LogP contribution in [0.3, 0.4) is 0 Å². The van der Waals surface area contributed by atoms with Crippen LogP contribution >= 0.6 is 0 Å². The molecule has 8 nitrogen and oxygen atoms in total. The van der Waals surface area contributed by atoms with Gasteiger partial charge in [-0.3, -0.25) is 10.1 Å². The second kappa shape index (κ2) is 12.7. The first-order chi connectivity index (χ1) is 18.2. The highest BCUT2D eigenvalue weighted by Crippen LogP contribution is 2.37. The molecule has 1 heterocycles. The molecule has 0 saturated heterocycles. The predicted octanol–water partition coefficient (Wildman–Crippen LogP) is 6.85. The molecule has 0 aliphatic heterocycles. The number of hydrogen-bond acceptors (Lipinski definition) is 6. The van der Waals surface area contributed by atoms with E-state index in [-0.39, 0.29) is 41.8 Å². The van der Waals surface area contributed by atoms with E-state index in [0.717, 1.165) is 25.5 Å². The van der Waals surface area contributed by atoms with Crippen molar-refractivity contribution in [2.75, 3.05) is 10.6 Å². The van der Waals surface area contributed by atoms with E-state index in [4.69, 9.17) is 4.74 Å². The number of halogens is 3. The molecule has 1 unspecified atom stereocenters. The molecule has 0 radical (unpaired) electrons. The molecule has 1 aliphatic rings. The zero-order valence-electron chi connectivity index (χ0n) is 23.1. The van der Waals surface area contributed by atoms with Gasteiger partial charge in [-0.25, -0.2) is 14.8 Å². The number of ether oxygens (including phenoxy) is 1. The monoisotopic (exact) mass is 549 g/mol. The van der Waals surface area contributed by atoms with Gasteiger partial charge in [0, 0.05) is 29.5 Å². The van der Waals surface area contributed by atoms with Gasteiger partial charge in [0.25, 0.3) is 0 Å². The smallest absolute Gasteiger partial charge is 0.419 e. The molecule has 1 fully saturated rings. The number of benzene rings is 1. The predicted molar refractivity (Wildman–Crippen MR) is 144 cm³/mol. The van der Waals surface area contributed by atoms with Crippen molar-refractivity contribution in [3.05, 3.63) is 41.7 Å². The molecule has 1 aromatic heterocycles. The highest BCUT2D eigenvalue weighted by atomic mass is 19.4. The van der Waals surface area contributed by atoms with Crippen LogP contribution < -0.4 is 16.0 Å². The second-order valence-electron chi connectivity index (χ2n) is 11.2. The summed E-state index contributed by atoms with van der Waals surface area (Å²) in [7, 11) is 0. The van der Waals surface area contributed by atoms with Crippen molar-refractivity contribution in [1.82, 2.24) is 15.3 Å². The van der Waals surface area contributed by atoms with Gasteiger partial charge in [0.05, 0.1) is 11.3 Å². The minimum atomic E-state index is -4.57. The molecule has 3 N–H and O–H groups in total. The fourth-order valence-electron chi connectivity index (χ4n) is 4.74. The summed E-state index contributed by atoms with van der Waals surface area (Å²) in [5, 5.41) is 8.51. The van der Waals surface area contributed by atoms with E-state index in [2.05, 4.69) is 25.9 Å². The number of nitrogens with one attached hydrogen (secondary N) is 3. The summed E-state index contributed by atoms with van der Waals surface area (Å²) in [6.07, 6.45) is -0.436. The summed E-state index contributed by atoms with van der Waals surface area (Å²) in [5.41, 5.74) is -0.531. The summed E-state index contributed by atoms with van der Waals surface area (Å²) in [6.45, 7) is 9.11. The van der Waals surface area contributed by atoms with E-state index >= 15 is 0 Å². The Morgan fingerprint density at radius 1 is 1.08 bits per heavy atom. The van der Waals surface area contributed by atoms with Crippen molar-refractivity contribution in [3.8, 4) is 0 Å². The second-order valence-corrected chi connectivity index (χ2v) is 11.2. The number of anilines is 3. The molecule has 39 heavy (non-hydrogen) atoms. The minimum Gasteiger partial charge on any atom is -0.444 e. The Morgan fingerprint density at radius 2 is 1.74 bits per heavy atom. The van der Waals surface area contributed by atoms with Gasteiger partial charge in [0.2, 0.25) is 11.9 Å². The number of aryl methyl sites for hydroxylation is 1.